The summed E-state index contributed by atoms with van der Waals surface area (Å²) in [5, 5.41) is 7.26. The van der Waals surface area contributed by atoms with Crippen molar-refractivity contribution < 1.29 is 9.47 Å². The van der Waals surface area contributed by atoms with Gasteiger partial charge in [0, 0.05) is 5.56 Å². The predicted octanol–water partition coefficient (Wildman–Crippen LogP) is 4.78. The van der Waals surface area contributed by atoms with Crippen LogP contribution in [-0.2, 0) is 0 Å². The number of ether oxygens (including phenoxy) is 2. The first kappa shape index (κ1) is 17.2. The molecular formula is C19H21N3O2S. The molecule has 1 aromatic heterocycles. The van der Waals surface area contributed by atoms with Gasteiger partial charge in [-0.2, -0.15) is 5.10 Å². The van der Waals surface area contributed by atoms with Gasteiger partial charge in [0.05, 0.1) is 19.4 Å². The van der Waals surface area contributed by atoms with Crippen molar-refractivity contribution in [1.82, 2.24) is 14.8 Å². The molecule has 130 valence electrons. The largest absolute Gasteiger partial charge is 0.497 e. The Hall–Kier alpha value is -2.60. The van der Waals surface area contributed by atoms with E-state index in [-0.39, 0.29) is 0 Å². The van der Waals surface area contributed by atoms with Gasteiger partial charge < -0.3 is 9.47 Å². The van der Waals surface area contributed by atoms with Gasteiger partial charge in [-0.05, 0) is 67.2 Å². The molecule has 1 N–H and O–H groups in total. The van der Waals surface area contributed by atoms with Crippen molar-refractivity contribution in [2.24, 2.45) is 0 Å². The Morgan fingerprint density at radius 3 is 2.36 bits per heavy atom. The molecule has 5 nitrogen and oxygen atoms in total. The lowest BCUT2D eigenvalue weighted by Gasteiger charge is -2.09. The van der Waals surface area contributed by atoms with Crippen molar-refractivity contribution in [3.05, 3.63) is 53.3 Å². The lowest BCUT2D eigenvalue weighted by molar-refractivity contribution is 0.309. The summed E-state index contributed by atoms with van der Waals surface area (Å²) in [5.74, 6) is 2.42. The summed E-state index contributed by atoms with van der Waals surface area (Å²) >= 11 is 5.40. The van der Waals surface area contributed by atoms with Crippen LogP contribution in [0.25, 0.3) is 17.1 Å². The molecule has 0 aliphatic carbocycles. The van der Waals surface area contributed by atoms with E-state index in [1.54, 1.807) is 7.11 Å². The average molecular weight is 355 g/mol. The van der Waals surface area contributed by atoms with Crippen molar-refractivity contribution in [1.29, 1.82) is 0 Å². The minimum absolute atomic E-state index is 0.545. The minimum atomic E-state index is 0.545. The van der Waals surface area contributed by atoms with Crippen LogP contribution in [0.3, 0.4) is 0 Å². The SMILES string of the molecule is CCCCOc1ccc(-c2n[nH]c(=S)n2-c2ccc(OC)cc2)cc1. The highest BCUT2D eigenvalue weighted by atomic mass is 32.1. The van der Waals surface area contributed by atoms with E-state index in [4.69, 9.17) is 21.7 Å². The number of hydrogen-bond acceptors (Lipinski definition) is 4. The number of nitrogens with one attached hydrogen (secondary N) is 1. The van der Waals surface area contributed by atoms with Crippen LogP contribution in [0.1, 0.15) is 19.8 Å². The fraction of sp³-hybridized carbons (Fsp3) is 0.263. The maximum Gasteiger partial charge on any atom is 0.200 e. The fourth-order valence-electron chi connectivity index (χ4n) is 2.50. The number of H-pyrrole nitrogens is 1. The van der Waals surface area contributed by atoms with Gasteiger partial charge >= 0.3 is 0 Å². The molecule has 0 spiro atoms. The second-order valence-corrected chi connectivity index (χ2v) is 6.00. The highest BCUT2D eigenvalue weighted by molar-refractivity contribution is 7.71. The Labute approximate surface area is 152 Å². The molecule has 1 heterocycles. The van der Waals surface area contributed by atoms with Crippen molar-refractivity contribution in [3.8, 4) is 28.6 Å². The van der Waals surface area contributed by atoms with Crippen molar-refractivity contribution in [2.45, 2.75) is 19.8 Å². The second kappa shape index (κ2) is 7.98. The zero-order valence-electron chi connectivity index (χ0n) is 14.4. The molecule has 3 aromatic rings. The van der Waals surface area contributed by atoms with E-state index in [0.717, 1.165) is 48.0 Å². The maximum atomic E-state index is 5.71. The van der Waals surface area contributed by atoms with Gasteiger partial charge in [-0.3, -0.25) is 9.67 Å². The maximum absolute atomic E-state index is 5.71. The first-order valence-corrected chi connectivity index (χ1v) is 8.69. The predicted molar refractivity (Wildman–Crippen MR) is 101 cm³/mol. The Morgan fingerprint density at radius 1 is 1.04 bits per heavy atom. The summed E-state index contributed by atoms with van der Waals surface area (Å²) in [5.41, 5.74) is 1.89. The standard InChI is InChI=1S/C19H21N3O2S/c1-3-4-13-24-17-9-5-14(6-10-17)18-20-21-19(25)22(18)15-7-11-16(23-2)12-8-15/h5-12H,3-4,13H2,1-2H3,(H,21,25). The molecule has 3 rings (SSSR count). The van der Waals surface area contributed by atoms with Gasteiger partial charge in [-0.15, -0.1) is 0 Å². The van der Waals surface area contributed by atoms with Crippen molar-refractivity contribution in [3.63, 3.8) is 0 Å². The molecule has 0 radical (unpaired) electrons. The van der Waals surface area contributed by atoms with Crippen molar-refractivity contribution in [2.75, 3.05) is 13.7 Å². The molecular weight excluding hydrogens is 334 g/mol. The third-order valence-electron chi connectivity index (χ3n) is 3.88. The minimum Gasteiger partial charge on any atom is -0.497 e. The lowest BCUT2D eigenvalue weighted by atomic mass is 10.2. The Balaban J connectivity index is 1.89. The van der Waals surface area contributed by atoms with Gasteiger partial charge in [0.1, 0.15) is 11.5 Å². The highest BCUT2D eigenvalue weighted by Crippen LogP contribution is 2.25. The molecule has 0 unspecified atom stereocenters. The van der Waals surface area contributed by atoms with Crippen molar-refractivity contribution >= 4 is 12.2 Å². The number of benzene rings is 2. The summed E-state index contributed by atoms with van der Waals surface area (Å²) in [6, 6.07) is 15.6. The van der Waals surface area contributed by atoms with Gasteiger partial charge in [-0.25, -0.2) is 0 Å². The van der Waals surface area contributed by atoms with Crippen LogP contribution in [0.5, 0.6) is 11.5 Å². The van der Waals surface area contributed by atoms with Crippen LogP contribution >= 0.6 is 12.2 Å². The van der Waals surface area contributed by atoms with E-state index in [1.165, 1.54) is 0 Å². The molecule has 0 amide bonds. The number of methoxy groups -OCH3 is 1. The van der Waals surface area contributed by atoms with E-state index in [0.29, 0.717) is 4.77 Å². The topological polar surface area (TPSA) is 52.1 Å². The number of hydrogen-bond donors (Lipinski definition) is 1. The van der Waals surface area contributed by atoms with Crippen LogP contribution in [0.2, 0.25) is 0 Å². The van der Waals surface area contributed by atoms with Gasteiger partial charge in [0.15, 0.2) is 10.6 Å². The molecule has 25 heavy (non-hydrogen) atoms. The average Bonchev–Trinajstić information content (AvgIpc) is 3.04. The molecule has 2 aromatic carbocycles. The summed E-state index contributed by atoms with van der Waals surface area (Å²) in [6.45, 7) is 2.88. The van der Waals surface area contributed by atoms with E-state index in [2.05, 4.69) is 17.1 Å². The van der Waals surface area contributed by atoms with Gasteiger partial charge in [-0.1, -0.05) is 13.3 Å². The normalized spacial score (nSPS) is 10.6. The Morgan fingerprint density at radius 2 is 1.72 bits per heavy atom. The van der Waals surface area contributed by atoms with E-state index < -0.39 is 0 Å². The van der Waals surface area contributed by atoms with E-state index in [9.17, 15) is 0 Å². The molecule has 0 aliphatic heterocycles. The molecule has 6 heteroatoms. The number of aromatic nitrogens is 3. The molecule has 0 aliphatic rings. The first-order chi connectivity index (χ1) is 12.2. The summed E-state index contributed by atoms with van der Waals surface area (Å²) in [7, 11) is 1.65. The highest BCUT2D eigenvalue weighted by Gasteiger charge is 2.11. The fourth-order valence-corrected chi connectivity index (χ4v) is 2.73. The molecule has 0 saturated carbocycles. The monoisotopic (exact) mass is 355 g/mol. The van der Waals surface area contributed by atoms with Crippen LogP contribution in [0.15, 0.2) is 48.5 Å². The van der Waals surface area contributed by atoms with Crippen LogP contribution in [0.4, 0.5) is 0 Å². The van der Waals surface area contributed by atoms with Crippen LogP contribution < -0.4 is 9.47 Å². The molecule has 0 atom stereocenters. The Bertz CT molecular complexity index is 867. The zero-order chi connectivity index (χ0) is 17.6. The summed E-state index contributed by atoms with van der Waals surface area (Å²) in [6.07, 6.45) is 2.17. The van der Waals surface area contributed by atoms with E-state index >= 15 is 0 Å². The van der Waals surface area contributed by atoms with Crippen LogP contribution in [0, 0.1) is 4.77 Å². The third kappa shape index (κ3) is 3.91. The third-order valence-corrected chi connectivity index (χ3v) is 4.16. The molecule has 0 saturated heterocycles. The smallest absolute Gasteiger partial charge is 0.200 e. The van der Waals surface area contributed by atoms with Crippen LogP contribution in [-0.4, -0.2) is 28.5 Å². The summed E-state index contributed by atoms with van der Waals surface area (Å²) in [4.78, 5) is 0. The molecule has 0 fully saturated rings. The van der Waals surface area contributed by atoms with E-state index in [1.807, 2.05) is 53.1 Å². The van der Waals surface area contributed by atoms with Gasteiger partial charge in [0.2, 0.25) is 0 Å². The summed E-state index contributed by atoms with van der Waals surface area (Å²) < 4.78 is 13.4. The Kier molecular flexibility index (Phi) is 5.50. The zero-order valence-corrected chi connectivity index (χ0v) is 15.2. The first-order valence-electron chi connectivity index (χ1n) is 8.28. The lowest BCUT2D eigenvalue weighted by Crippen LogP contribution is -1.99. The number of aromatic amines is 1. The molecule has 0 bridgehead atoms. The van der Waals surface area contributed by atoms with Gasteiger partial charge in [0.25, 0.3) is 0 Å². The number of unbranched alkanes of at least 4 members (excludes halogenated alkanes) is 1. The quantitative estimate of drug-likeness (QED) is 0.489. The number of rotatable bonds is 7. The number of nitrogens with zero attached hydrogens (tertiary/aromatic N) is 2. The second-order valence-electron chi connectivity index (χ2n) is 5.61.